The quantitative estimate of drug-likeness (QED) is 0.620. The maximum Gasteiger partial charge on any atom is 0.207 e. The van der Waals surface area contributed by atoms with Gasteiger partial charge < -0.3 is 5.32 Å². The summed E-state index contributed by atoms with van der Waals surface area (Å²) in [4.78, 5) is 17.9. The lowest BCUT2D eigenvalue weighted by molar-refractivity contribution is -0.109. The minimum atomic E-state index is 0.441. The summed E-state index contributed by atoms with van der Waals surface area (Å²) in [5.74, 6) is 0. The van der Waals surface area contributed by atoms with E-state index in [1.54, 1.807) is 12.4 Å². The van der Waals surface area contributed by atoms with Crippen LogP contribution in [0.15, 0.2) is 12.4 Å². The van der Waals surface area contributed by atoms with Crippen LogP contribution in [0, 0.1) is 6.92 Å². The second kappa shape index (κ2) is 3.65. The van der Waals surface area contributed by atoms with Gasteiger partial charge in [0.2, 0.25) is 6.41 Å². The van der Waals surface area contributed by atoms with Gasteiger partial charge in [-0.1, -0.05) is 0 Å². The second-order valence-corrected chi connectivity index (χ2v) is 2.15. The molecule has 1 N–H and O–H groups in total. The molecule has 0 unspecified atom stereocenters. The molecule has 1 aromatic heterocycles. The van der Waals surface area contributed by atoms with Gasteiger partial charge in [0.25, 0.3) is 0 Å². The second-order valence-electron chi connectivity index (χ2n) is 2.15. The molecule has 0 bridgehead atoms. The molecule has 0 aliphatic rings. The van der Waals surface area contributed by atoms with Crippen molar-refractivity contribution in [2.45, 2.75) is 13.5 Å². The zero-order chi connectivity index (χ0) is 8.10. The fraction of sp³-hybridized carbons (Fsp3) is 0.286. The highest BCUT2D eigenvalue weighted by atomic mass is 16.1. The van der Waals surface area contributed by atoms with Crippen LogP contribution in [0.3, 0.4) is 0 Å². The van der Waals surface area contributed by atoms with Gasteiger partial charge in [0.05, 0.1) is 24.1 Å². The number of rotatable bonds is 3. The van der Waals surface area contributed by atoms with Gasteiger partial charge in [-0.15, -0.1) is 0 Å². The number of aromatic nitrogens is 2. The molecule has 0 radical (unpaired) electrons. The van der Waals surface area contributed by atoms with Gasteiger partial charge in [0.15, 0.2) is 0 Å². The summed E-state index contributed by atoms with van der Waals surface area (Å²) in [5, 5.41) is 2.50. The van der Waals surface area contributed by atoms with Crippen LogP contribution in [0.1, 0.15) is 11.4 Å². The highest BCUT2D eigenvalue weighted by Gasteiger charge is 1.91. The molecule has 0 spiro atoms. The molecule has 1 aromatic rings. The number of carbonyl (C=O) groups excluding carboxylic acids is 1. The highest BCUT2D eigenvalue weighted by molar-refractivity contribution is 5.45. The molecule has 0 saturated carbocycles. The monoisotopic (exact) mass is 151 g/mol. The zero-order valence-corrected chi connectivity index (χ0v) is 6.24. The molecular weight excluding hydrogens is 142 g/mol. The summed E-state index contributed by atoms with van der Waals surface area (Å²) < 4.78 is 0. The van der Waals surface area contributed by atoms with Gasteiger partial charge in [0.1, 0.15) is 0 Å². The van der Waals surface area contributed by atoms with Gasteiger partial charge in [-0.05, 0) is 6.92 Å². The summed E-state index contributed by atoms with van der Waals surface area (Å²) >= 11 is 0. The van der Waals surface area contributed by atoms with Crippen LogP contribution in [-0.2, 0) is 11.3 Å². The first-order chi connectivity index (χ1) is 5.33. The molecule has 1 heterocycles. The smallest absolute Gasteiger partial charge is 0.207 e. The summed E-state index contributed by atoms with van der Waals surface area (Å²) in [6.07, 6.45) is 3.95. The number of hydrogen-bond donors (Lipinski definition) is 1. The van der Waals surface area contributed by atoms with Crippen molar-refractivity contribution in [2.75, 3.05) is 0 Å². The maximum absolute atomic E-state index is 9.89. The van der Waals surface area contributed by atoms with E-state index in [4.69, 9.17) is 0 Å². The van der Waals surface area contributed by atoms with E-state index in [2.05, 4.69) is 15.3 Å². The Hall–Kier alpha value is -1.45. The summed E-state index contributed by atoms with van der Waals surface area (Å²) in [5.41, 5.74) is 1.64. The van der Waals surface area contributed by atoms with Gasteiger partial charge >= 0.3 is 0 Å². The largest absolute Gasteiger partial charge is 0.353 e. The van der Waals surface area contributed by atoms with Crippen LogP contribution in [0.2, 0.25) is 0 Å². The Balaban J connectivity index is 2.58. The van der Waals surface area contributed by atoms with Crippen molar-refractivity contribution in [1.82, 2.24) is 15.3 Å². The summed E-state index contributed by atoms with van der Waals surface area (Å²) in [6.45, 7) is 2.31. The van der Waals surface area contributed by atoms with Crippen LogP contribution >= 0.6 is 0 Å². The SMILES string of the molecule is Cc1cnc(CNC=O)cn1. The topological polar surface area (TPSA) is 54.9 Å². The van der Waals surface area contributed by atoms with Crippen molar-refractivity contribution in [2.24, 2.45) is 0 Å². The predicted octanol–water partition coefficient (Wildman–Crippen LogP) is 0.0310. The lowest BCUT2D eigenvalue weighted by atomic mass is 10.4. The molecule has 1 amide bonds. The first kappa shape index (κ1) is 7.65. The first-order valence-corrected chi connectivity index (χ1v) is 3.27. The Morgan fingerprint density at radius 3 is 2.91 bits per heavy atom. The van der Waals surface area contributed by atoms with Crippen LogP contribution in [0.5, 0.6) is 0 Å². The van der Waals surface area contributed by atoms with Crippen molar-refractivity contribution >= 4 is 6.41 Å². The molecular formula is C7H9N3O. The molecule has 0 saturated heterocycles. The minimum absolute atomic E-state index is 0.441. The third-order valence-electron chi connectivity index (χ3n) is 1.20. The Labute approximate surface area is 64.7 Å². The van der Waals surface area contributed by atoms with E-state index in [9.17, 15) is 4.79 Å². The number of carbonyl (C=O) groups is 1. The van der Waals surface area contributed by atoms with E-state index < -0.39 is 0 Å². The molecule has 11 heavy (non-hydrogen) atoms. The Morgan fingerprint density at radius 2 is 2.36 bits per heavy atom. The summed E-state index contributed by atoms with van der Waals surface area (Å²) in [6, 6.07) is 0. The van der Waals surface area contributed by atoms with Crippen molar-refractivity contribution < 1.29 is 4.79 Å². The summed E-state index contributed by atoms with van der Waals surface area (Å²) in [7, 11) is 0. The number of aryl methyl sites for hydroxylation is 1. The van der Waals surface area contributed by atoms with E-state index in [1.807, 2.05) is 6.92 Å². The molecule has 0 aromatic carbocycles. The molecule has 0 aliphatic heterocycles. The molecule has 58 valence electrons. The van der Waals surface area contributed by atoms with E-state index in [0.717, 1.165) is 11.4 Å². The number of amides is 1. The Bertz CT molecular complexity index is 232. The average molecular weight is 151 g/mol. The van der Waals surface area contributed by atoms with Crippen molar-refractivity contribution in [3.05, 3.63) is 23.8 Å². The fourth-order valence-electron chi connectivity index (χ4n) is 0.657. The standard InChI is InChI=1S/C7H9N3O/c1-6-2-10-7(4-9-6)3-8-5-11/h2,4-5H,3H2,1H3,(H,8,11). The molecule has 0 aliphatic carbocycles. The van der Waals surface area contributed by atoms with Gasteiger partial charge in [-0.2, -0.15) is 0 Å². The Kier molecular flexibility index (Phi) is 2.54. The fourth-order valence-corrected chi connectivity index (χ4v) is 0.657. The molecule has 0 fully saturated rings. The van der Waals surface area contributed by atoms with E-state index in [0.29, 0.717) is 13.0 Å². The maximum atomic E-state index is 9.89. The van der Waals surface area contributed by atoms with Crippen LogP contribution in [0.4, 0.5) is 0 Å². The lowest BCUT2D eigenvalue weighted by Crippen LogP contribution is -2.11. The van der Waals surface area contributed by atoms with E-state index >= 15 is 0 Å². The number of nitrogens with zero attached hydrogens (tertiary/aromatic N) is 2. The third kappa shape index (κ3) is 2.33. The van der Waals surface area contributed by atoms with Gasteiger partial charge in [-0.25, -0.2) is 0 Å². The number of hydrogen-bond acceptors (Lipinski definition) is 3. The number of nitrogens with one attached hydrogen (secondary N) is 1. The molecule has 0 atom stereocenters. The van der Waals surface area contributed by atoms with Crippen molar-refractivity contribution in [3.63, 3.8) is 0 Å². The lowest BCUT2D eigenvalue weighted by Gasteiger charge is -1.97. The highest BCUT2D eigenvalue weighted by Crippen LogP contribution is 1.91. The molecule has 4 heteroatoms. The zero-order valence-electron chi connectivity index (χ0n) is 6.24. The van der Waals surface area contributed by atoms with Gasteiger partial charge in [-0.3, -0.25) is 14.8 Å². The average Bonchev–Trinajstić information content (AvgIpc) is 2.04. The van der Waals surface area contributed by atoms with Gasteiger partial charge in [0, 0.05) is 6.20 Å². The normalized spacial score (nSPS) is 9.18. The van der Waals surface area contributed by atoms with Crippen LogP contribution < -0.4 is 5.32 Å². The molecule has 4 nitrogen and oxygen atoms in total. The van der Waals surface area contributed by atoms with Crippen molar-refractivity contribution in [3.8, 4) is 0 Å². The Morgan fingerprint density at radius 1 is 1.55 bits per heavy atom. The van der Waals surface area contributed by atoms with Crippen LogP contribution in [0.25, 0.3) is 0 Å². The van der Waals surface area contributed by atoms with E-state index in [1.165, 1.54) is 0 Å². The van der Waals surface area contributed by atoms with Crippen molar-refractivity contribution in [1.29, 1.82) is 0 Å². The molecule has 1 rings (SSSR count). The van der Waals surface area contributed by atoms with Crippen LogP contribution in [-0.4, -0.2) is 16.4 Å². The third-order valence-corrected chi connectivity index (χ3v) is 1.20. The minimum Gasteiger partial charge on any atom is -0.353 e. The predicted molar refractivity (Wildman–Crippen MR) is 39.7 cm³/mol. The van der Waals surface area contributed by atoms with E-state index in [-0.39, 0.29) is 0 Å². The first-order valence-electron chi connectivity index (χ1n) is 3.27.